The van der Waals surface area contributed by atoms with Crippen molar-refractivity contribution in [3.63, 3.8) is 0 Å². The van der Waals surface area contributed by atoms with Crippen molar-refractivity contribution >= 4 is 39.6 Å². The van der Waals surface area contributed by atoms with E-state index < -0.39 is 5.97 Å². The fourth-order valence-corrected chi connectivity index (χ4v) is 2.20. The highest BCUT2D eigenvalue weighted by molar-refractivity contribution is 9.10. The zero-order valence-electron chi connectivity index (χ0n) is 10.9. The van der Waals surface area contributed by atoms with Crippen molar-refractivity contribution in [2.45, 2.75) is 0 Å². The standard InChI is InChI=1S/C16H12BrNO3/c17-13-8-12(16(20)21)9-14(10-13)18-15(19)7-6-11-4-2-1-3-5-11/h1-10H,(H,18,19)(H,20,21)/b7-6+. The number of carboxylic acids is 1. The molecule has 0 atom stereocenters. The predicted octanol–water partition coefficient (Wildman–Crippen LogP) is 3.80. The molecule has 0 bridgehead atoms. The lowest BCUT2D eigenvalue weighted by molar-refractivity contribution is -0.111. The SMILES string of the molecule is O=C(/C=C/c1ccccc1)Nc1cc(Br)cc(C(=O)O)c1. The Kier molecular flexibility index (Phi) is 4.90. The first-order chi connectivity index (χ1) is 10.0. The summed E-state index contributed by atoms with van der Waals surface area (Å²) in [6.07, 6.45) is 3.09. The molecule has 0 fully saturated rings. The quantitative estimate of drug-likeness (QED) is 0.828. The van der Waals surface area contributed by atoms with Crippen LogP contribution in [0.5, 0.6) is 0 Å². The van der Waals surface area contributed by atoms with Crippen molar-refractivity contribution in [1.82, 2.24) is 0 Å². The van der Waals surface area contributed by atoms with Crippen molar-refractivity contribution in [3.8, 4) is 0 Å². The third-order valence-electron chi connectivity index (χ3n) is 2.64. The van der Waals surface area contributed by atoms with E-state index in [2.05, 4.69) is 21.2 Å². The third kappa shape index (κ3) is 4.57. The van der Waals surface area contributed by atoms with Gasteiger partial charge in [0.15, 0.2) is 0 Å². The Balaban J connectivity index is 2.09. The number of benzene rings is 2. The zero-order chi connectivity index (χ0) is 15.2. The second-order valence-electron chi connectivity index (χ2n) is 4.27. The van der Waals surface area contributed by atoms with Crippen molar-refractivity contribution in [2.24, 2.45) is 0 Å². The molecule has 0 aliphatic rings. The Bertz CT molecular complexity index is 696. The molecule has 0 radical (unpaired) electrons. The Morgan fingerprint density at radius 1 is 1.10 bits per heavy atom. The zero-order valence-corrected chi connectivity index (χ0v) is 12.5. The first-order valence-electron chi connectivity index (χ1n) is 6.12. The van der Waals surface area contributed by atoms with Gasteiger partial charge in [0, 0.05) is 16.2 Å². The Morgan fingerprint density at radius 3 is 2.48 bits per heavy atom. The lowest BCUT2D eigenvalue weighted by Crippen LogP contribution is -2.08. The minimum Gasteiger partial charge on any atom is -0.478 e. The summed E-state index contributed by atoms with van der Waals surface area (Å²) in [6, 6.07) is 13.9. The van der Waals surface area contributed by atoms with E-state index in [0.717, 1.165) is 5.56 Å². The van der Waals surface area contributed by atoms with Gasteiger partial charge in [0.05, 0.1) is 5.56 Å². The summed E-state index contributed by atoms with van der Waals surface area (Å²) >= 11 is 3.21. The molecule has 1 amide bonds. The number of halogens is 1. The van der Waals surface area contributed by atoms with E-state index in [-0.39, 0.29) is 11.5 Å². The van der Waals surface area contributed by atoms with Crippen molar-refractivity contribution in [3.05, 3.63) is 70.2 Å². The molecule has 2 rings (SSSR count). The molecular weight excluding hydrogens is 334 g/mol. The summed E-state index contributed by atoms with van der Waals surface area (Å²) in [6.45, 7) is 0. The van der Waals surface area contributed by atoms with Crippen LogP contribution in [0.2, 0.25) is 0 Å². The molecule has 0 heterocycles. The molecule has 2 aromatic carbocycles. The van der Waals surface area contributed by atoms with Gasteiger partial charge in [-0.3, -0.25) is 4.79 Å². The maximum Gasteiger partial charge on any atom is 0.335 e. The van der Waals surface area contributed by atoms with Crippen LogP contribution in [0, 0.1) is 0 Å². The van der Waals surface area contributed by atoms with Crippen molar-refractivity contribution in [1.29, 1.82) is 0 Å². The van der Waals surface area contributed by atoms with Gasteiger partial charge in [0.1, 0.15) is 0 Å². The number of carboxylic acid groups (broad SMARTS) is 1. The Hall–Kier alpha value is -2.40. The fraction of sp³-hybridized carbons (Fsp3) is 0. The molecule has 5 heteroatoms. The van der Waals surface area contributed by atoms with Gasteiger partial charge >= 0.3 is 5.97 Å². The van der Waals surface area contributed by atoms with Gasteiger partial charge in [-0.05, 0) is 29.8 Å². The number of hydrogen-bond acceptors (Lipinski definition) is 2. The molecule has 0 unspecified atom stereocenters. The highest BCUT2D eigenvalue weighted by atomic mass is 79.9. The van der Waals surface area contributed by atoms with Crippen LogP contribution in [0.25, 0.3) is 6.08 Å². The summed E-state index contributed by atoms with van der Waals surface area (Å²) < 4.78 is 0.588. The summed E-state index contributed by atoms with van der Waals surface area (Å²) in [5, 5.41) is 11.6. The molecule has 106 valence electrons. The maximum absolute atomic E-state index is 11.8. The molecule has 2 aromatic rings. The summed E-state index contributed by atoms with van der Waals surface area (Å²) in [5.41, 5.74) is 1.43. The van der Waals surface area contributed by atoms with Crippen LogP contribution in [-0.2, 0) is 4.79 Å². The molecular formula is C16H12BrNO3. The molecule has 4 nitrogen and oxygen atoms in total. The van der Waals surface area contributed by atoms with E-state index in [9.17, 15) is 9.59 Å². The van der Waals surface area contributed by atoms with E-state index in [1.807, 2.05) is 30.3 Å². The monoisotopic (exact) mass is 345 g/mol. The summed E-state index contributed by atoms with van der Waals surface area (Å²) in [7, 11) is 0. The highest BCUT2D eigenvalue weighted by Gasteiger charge is 2.07. The highest BCUT2D eigenvalue weighted by Crippen LogP contribution is 2.19. The molecule has 2 N–H and O–H groups in total. The van der Waals surface area contributed by atoms with E-state index in [1.165, 1.54) is 18.2 Å². The second kappa shape index (κ2) is 6.85. The van der Waals surface area contributed by atoms with Crippen LogP contribution in [0.15, 0.2) is 59.1 Å². The van der Waals surface area contributed by atoms with Crippen LogP contribution >= 0.6 is 15.9 Å². The number of carbonyl (C=O) groups is 2. The average Bonchev–Trinajstić information content (AvgIpc) is 2.45. The number of nitrogens with one attached hydrogen (secondary N) is 1. The topological polar surface area (TPSA) is 66.4 Å². The van der Waals surface area contributed by atoms with E-state index >= 15 is 0 Å². The number of hydrogen-bond donors (Lipinski definition) is 2. The molecule has 0 saturated heterocycles. The van der Waals surface area contributed by atoms with Gasteiger partial charge in [0.2, 0.25) is 5.91 Å². The van der Waals surface area contributed by atoms with Crippen molar-refractivity contribution < 1.29 is 14.7 Å². The summed E-state index contributed by atoms with van der Waals surface area (Å²) in [5.74, 6) is -1.38. The van der Waals surface area contributed by atoms with Crippen LogP contribution in [0.4, 0.5) is 5.69 Å². The largest absolute Gasteiger partial charge is 0.478 e. The summed E-state index contributed by atoms with van der Waals surface area (Å²) in [4.78, 5) is 22.8. The molecule has 21 heavy (non-hydrogen) atoms. The molecule has 0 aliphatic carbocycles. The average molecular weight is 346 g/mol. The molecule has 0 aliphatic heterocycles. The Labute approximate surface area is 130 Å². The van der Waals surface area contributed by atoms with Crippen LogP contribution in [0.1, 0.15) is 15.9 Å². The fourth-order valence-electron chi connectivity index (χ4n) is 1.71. The number of amides is 1. The number of aromatic carboxylic acids is 1. The van der Waals surface area contributed by atoms with Gasteiger partial charge in [-0.2, -0.15) is 0 Å². The van der Waals surface area contributed by atoms with Crippen molar-refractivity contribution in [2.75, 3.05) is 5.32 Å². The van der Waals surface area contributed by atoms with E-state index in [0.29, 0.717) is 10.2 Å². The van der Waals surface area contributed by atoms with Gasteiger partial charge in [-0.15, -0.1) is 0 Å². The first-order valence-corrected chi connectivity index (χ1v) is 6.92. The number of rotatable bonds is 4. The number of carbonyl (C=O) groups excluding carboxylic acids is 1. The van der Waals surface area contributed by atoms with Gasteiger partial charge in [0.25, 0.3) is 0 Å². The molecule has 0 aromatic heterocycles. The Morgan fingerprint density at radius 2 is 1.81 bits per heavy atom. The number of anilines is 1. The minimum atomic E-state index is -1.05. The van der Waals surface area contributed by atoms with E-state index in [1.54, 1.807) is 12.1 Å². The third-order valence-corrected chi connectivity index (χ3v) is 3.10. The predicted molar refractivity (Wildman–Crippen MR) is 85.2 cm³/mol. The molecule has 0 spiro atoms. The lowest BCUT2D eigenvalue weighted by atomic mass is 10.2. The smallest absolute Gasteiger partial charge is 0.335 e. The van der Waals surface area contributed by atoms with Gasteiger partial charge < -0.3 is 10.4 Å². The second-order valence-corrected chi connectivity index (χ2v) is 5.18. The van der Waals surface area contributed by atoms with Crippen LogP contribution in [0.3, 0.4) is 0 Å². The van der Waals surface area contributed by atoms with Crippen LogP contribution < -0.4 is 5.32 Å². The van der Waals surface area contributed by atoms with E-state index in [4.69, 9.17) is 5.11 Å². The van der Waals surface area contributed by atoms with Gasteiger partial charge in [-0.25, -0.2) is 4.79 Å². The van der Waals surface area contributed by atoms with Gasteiger partial charge in [-0.1, -0.05) is 46.3 Å². The lowest BCUT2D eigenvalue weighted by Gasteiger charge is -2.05. The first kappa shape index (κ1) is 15.0. The normalized spacial score (nSPS) is 10.5. The minimum absolute atomic E-state index is 0.103. The maximum atomic E-state index is 11.8. The van der Waals surface area contributed by atoms with Crippen LogP contribution in [-0.4, -0.2) is 17.0 Å². The molecule has 0 saturated carbocycles.